The SMILES string of the molecule is COCCC(C)(O)CNC(C)C1CCCCC1. The number of nitrogens with one attached hydrogen (secondary N) is 1. The van der Waals surface area contributed by atoms with Crippen LogP contribution in [0.3, 0.4) is 0 Å². The van der Waals surface area contributed by atoms with Crippen LogP contribution in [-0.4, -0.2) is 37.0 Å². The minimum atomic E-state index is -0.654. The monoisotopic (exact) mass is 243 g/mol. The summed E-state index contributed by atoms with van der Waals surface area (Å²) in [5.74, 6) is 0.793. The van der Waals surface area contributed by atoms with Gasteiger partial charge in [0.2, 0.25) is 0 Å². The third-order valence-electron chi connectivity index (χ3n) is 4.01. The number of aliphatic hydroxyl groups is 1. The molecule has 1 fully saturated rings. The Bertz CT molecular complexity index is 200. The van der Waals surface area contributed by atoms with E-state index < -0.39 is 5.60 Å². The third kappa shape index (κ3) is 5.84. The number of hydrogen-bond acceptors (Lipinski definition) is 3. The summed E-state index contributed by atoms with van der Waals surface area (Å²) in [6.45, 7) is 5.41. The van der Waals surface area contributed by atoms with E-state index >= 15 is 0 Å². The van der Waals surface area contributed by atoms with E-state index in [1.807, 2.05) is 6.92 Å². The molecule has 0 heterocycles. The van der Waals surface area contributed by atoms with Crippen LogP contribution < -0.4 is 5.32 Å². The largest absolute Gasteiger partial charge is 0.389 e. The van der Waals surface area contributed by atoms with E-state index in [-0.39, 0.29) is 0 Å². The Morgan fingerprint density at radius 2 is 2.00 bits per heavy atom. The van der Waals surface area contributed by atoms with Gasteiger partial charge in [-0.25, -0.2) is 0 Å². The highest BCUT2D eigenvalue weighted by Crippen LogP contribution is 2.26. The number of ether oxygens (including phenoxy) is 1. The molecule has 0 aliphatic heterocycles. The fraction of sp³-hybridized carbons (Fsp3) is 1.00. The summed E-state index contributed by atoms with van der Waals surface area (Å²) in [5, 5.41) is 13.6. The number of hydrogen-bond donors (Lipinski definition) is 2. The molecular formula is C14H29NO2. The highest BCUT2D eigenvalue weighted by molar-refractivity contribution is 4.81. The zero-order valence-corrected chi connectivity index (χ0v) is 11.7. The Morgan fingerprint density at radius 1 is 1.35 bits per heavy atom. The lowest BCUT2D eigenvalue weighted by Crippen LogP contribution is -2.45. The van der Waals surface area contributed by atoms with Gasteiger partial charge in [-0.1, -0.05) is 19.3 Å². The predicted octanol–water partition coefficient (Wildman–Crippen LogP) is 2.33. The first-order valence-electron chi connectivity index (χ1n) is 7.00. The summed E-state index contributed by atoms with van der Waals surface area (Å²) in [6.07, 6.45) is 7.51. The Labute approximate surface area is 106 Å². The predicted molar refractivity (Wildman–Crippen MR) is 71.2 cm³/mol. The first-order chi connectivity index (χ1) is 8.05. The third-order valence-corrected chi connectivity index (χ3v) is 4.01. The van der Waals surface area contributed by atoms with E-state index in [0.29, 0.717) is 25.6 Å². The van der Waals surface area contributed by atoms with Gasteiger partial charge in [-0.05, 0) is 32.6 Å². The van der Waals surface area contributed by atoms with Crippen molar-refractivity contribution in [2.24, 2.45) is 5.92 Å². The summed E-state index contributed by atoms with van der Waals surface area (Å²) >= 11 is 0. The van der Waals surface area contributed by atoms with Crippen molar-refractivity contribution in [1.29, 1.82) is 0 Å². The number of methoxy groups -OCH3 is 1. The molecule has 0 radical (unpaired) electrons. The molecule has 3 nitrogen and oxygen atoms in total. The van der Waals surface area contributed by atoms with Crippen molar-refractivity contribution in [3.8, 4) is 0 Å². The summed E-state index contributed by atoms with van der Waals surface area (Å²) in [7, 11) is 1.67. The van der Waals surface area contributed by atoms with Gasteiger partial charge in [-0.2, -0.15) is 0 Å². The maximum absolute atomic E-state index is 10.2. The molecule has 1 rings (SSSR count). The molecule has 2 atom stereocenters. The van der Waals surface area contributed by atoms with E-state index in [9.17, 15) is 5.11 Å². The fourth-order valence-corrected chi connectivity index (χ4v) is 2.59. The molecule has 2 N–H and O–H groups in total. The summed E-state index contributed by atoms with van der Waals surface area (Å²) < 4.78 is 5.01. The molecule has 1 aliphatic carbocycles. The Balaban J connectivity index is 2.23. The van der Waals surface area contributed by atoms with E-state index in [1.54, 1.807) is 7.11 Å². The van der Waals surface area contributed by atoms with Crippen molar-refractivity contribution in [2.75, 3.05) is 20.3 Å². The van der Waals surface area contributed by atoms with Crippen LogP contribution in [-0.2, 0) is 4.74 Å². The van der Waals surface area contributed by atoms with Gasteiger partial charge < -0.3 is 15.2 Å². The van der Waals surface area contributed by atoms with Crippen LogP contribution in [0.1, 0.15) is 52.4 Å². The van der Waals surface area contributed by atoms with E-state index in [4.69, 9.17) is 4.74 Å². The van der Waals surface area contributed by atoms with Crippen molar-refractivity contribution >= 4 is 0 Å². The number of rotatable bonds is 7. The van der Waals surface area contributed by atoms with Gasteiger partial charge in [0.05, 0.1) is 5.60 Å². The van der Waals surface area contributed by atoms with Crippen molar-refractivity contribution in [1.82, 2.24) is 5.32 Å². The molecule has 0 aromatic heterocycles. The zero-order valence-electron chi connectivity index (χ0n) is 11.7. The molecular weight excluding hydrogens is 214 g/mol. The smallest absolute Gasteiger partial charge is 0.0765 e. The molecule has 3 heteroatoms. The lowest BCUT2D eigenvalue weighted by atomic mass is 9.84. The molecule has 1 saturated carbocycles. The minimum Gasteiger partial charge on any atom is -0.389 e. The second-order valence-corrected chi connectivity index (χ2v) is 5.81. The van der Waals surface area contributed by atoms with Crippen molar-refractivity contribution in [3.05, 3.63) is 0 Å². The van der Waals surface area contributed by atoms with Crippen LogP contribution in [0.2, 0.25) is 0 Å². The van der Waals surface area contributed by atoms with Crippen LogP contribution in [0.4, 0.5) is 0 Å². The van der Waals surface area contributed by atoms with Gasteiger partial charge in [0.25, 0.3) is 0 Å². The molecule has 0 spiro atoms. The first kappa shape index (κ1) is 14.9. The minimum absolute atomic E-state index is 0.518. The van der Waals surface area contributed by atoms with Crippen LogP contribution in [0.25, 0.3) is 0 Å². The molecule has 0 bridgehead atoms. The molecule has 0 aromatic rings. The normalized spacial score (nSPS) is 23.3. The van der Waals surface area contributed by atoms with E-state index in [2.05, 4.69) is 12.2 Å². The van der Waals surface area contributed by atoms with E-state index in [1.165, 1.54) is 32.1 Å². The van der Waals surface area contributed by atoms with Crippen molar-refractivity contribution in [3.63, 3.8) is 0 Å². The first-order valence-corrected chi connectivity index (χ1v) is 7.00. The average molecular weight is 243 g/mol. The van der Waals surface area contributed by atoms with Gasteiger partial charge in [-0.15, -0.1) is 0 Å². The summed E-state index contributed by atoms with van der Waals surface area (Å²) in [6, 6.07) is 0.518. The Kier molecular flexibility index (Phi) is 6.45. The molecule has 102 valence electrons. The maximum atomic E-state index is 10.2. The zero-order chi connectivity index (χ0) is 12.7. The molecule has 2 unspecified atom stereocenters. The highest BCUT2D eigenvalue weighted by atomic mass is 16.5. The molecule has 1 aliphatic rings. The van der Waals surface area contributed by atoms with Gasteiger partial charge in [0, 0.05) is 32.7 Å². The maximum Gasteiger partial charge on any atom is 0.0765 e. The molecule has 0 amide bonds. The quantitative estimate of drug-likeness (QED) is 0.721. The second kappa shape index (κ2) is 7.34. The van der Waals surface area contributed by atoms with Crippen LogP contribution >= 0.6 is 0 Å². The Morgan fingerprint density at radius 3 is 2.59 bits per heavy atom. The van der Waals surface area contributed by atoms with Crippen molar-refractivity contribution < 1.29 is 9.84 Å². The molecule has 0 saturated heterocycles. The standard InChI is InChI=1S/C14H29NO2/c1-12(13-7-5-4-6-8-13)15-11-14(2,16)9-10-17-3/h12-13,15-16H,4-11H2,1-3H3. The van der Waals surface area contributed by atoms with Gasteiger partial charge in [-0.3, -0.25) is 0 Å². The van der Waals surface area contributed by atoms with Gasteiger partial charge >= 0.3 is 0 Å². The van der Waals surface area contributed by atoms with E-state index in [0.717, 1.165) is 5.92 Å². The molecule has 0 aromatic carbocycles. The van der Waals surface area contributed by atoms with Crippen LogP contribution in [0.5, 0.6) is 0 Å². The Hall–Kier alpha value is -0.120. The van der Waals surface area contributed by atoms with Crippen LogP contribution in [0.15, 0.2) is 0 Å². The summed E-state index contributed by atoms with van der Waals surface area (Å²) in [4.78, 5) is 0. The van der Waals surface area contributed by atoms with Crippen molar-refractivity contribution in [2.45, 2.75) is 64.0 Å². The molecule has 17 heavy (non-hydrogen) atoms. The summed E-state index contributed by atoms with van der Waals surface area (Å²) in [5.41, 5.74) is -0.654. The van der Waals surface area contributed by atoms with Crippen LogP contribution in [0, 0.1) is 5.92 Å². The second-order valence-electron chi connectivity index (χ2n) is 5.81. The lowest BCUT2D eigenvalue weighted by Gasteiger charge is -2.31. The topological polar surface area (TPSA) is 41.5 Å². The highest BCUT2D eigenvalue weighted by Gasteiger charge is 2.24. The fourth-order valence-electron chi connectivity index (χ4n) is 2.59. The van der Waals surface area contributed by atoms with Gasteiger partial charge in [0.1, 0.15) is 0 Å². The average Bonchev–Trinajstić information content (AvgIpc) is 2.35. The lowest BCUT2D eigenvalue weighted by molar-refractivity contribution is 0.0210. The van der Waals surface area contributed by atoms with Gasteiger partial charge in [0.15, 0.2) is 0 Å².